The molecule has 14 rings (SSSR count). The molecule has 5 heterocycles. The summed E-state index contributed by atoms with van der Waals surface area (Å²) in [6.07, 6.45) is -0.156. The highest BCUT2D eigenvalue weighted by Crippen LogP contribution is 2.51. The minimum absolute atomic E-state index is 0.0243. The molecular weight excluding hydrogens is 872 g/mol. The lowest BCUT2D eigenvalue weighted by molar-refractivity contribution is 0.222. The van der Waals surface area contributed by atoms with Crippen LogP contribution in [0.1, 0.15) is 81.4 Å². The van der Waals surface area contributed by atoms with Crippen molar-refractivity contribution in [3.63, 3.8) is 0 Å². The van der Waals surface area contributed by atoms with Crippen molar-refractivity contribution >= 4 is 105 Å². The van der Waals surface area contributed by atoms with Crippen molar-refractivity contribution in [2.75, 3.05) is 5.32 Å². The topological polar surface area (TPSA) is 39.3 Å². The van der Waals surface area contributed by atoms with E-state index in [2.05, 4.69) is 227 Å². The number of thiophene rings is 1. The van der Waals surface area contributed by atoms with E-state index in [-0.39, 0.29) is 22.9 Å². The Kier molecular flexibility index (Phi) is 8.87. The molecular formula is C64H51BN2O2S. The van der Waals surface area contributed by atoms with Gasteiger partial charge >= 0.3 is 0 Å². The lowest BCUT2D eigenvalue weighted by Gasteiger charge is -2.25. The second-order valence-corrected chi connectivity index (χ2v) is 22.8. The molecule has 2 aliphatic rings. The highest BCUT2D eigenvalue weighted by molar-refractivity contribution is 7.25. The Labute approximate surface area is 412 Å². The average molecular weight is 923 g/mol. The lowest BCUT2D eigenvalue weighted by Crippen LogP contribution is -2.37. The number of rotatable bonds is 5. The number of nitrogens with zero attached hydrogens (tertiary/aromatic N) is 1. The molecule has 2 aliphatic heterocycles. The molecule has 0 fully saturated rings. The van der Waals surface area contributed by atoms with E-state index in [1.165, 1.54) is 97.5 Å². The predicted molar refractivity (Wildman–Crippen MR) is 298 cm³/mol. The van der Waals surface area contributed by atoms with Gasteiger partial charge in [0.1, 0.15) is 23.0 Å². The fourth-order valence-electron chi connectivity index (χ4n) is 11.7. The molecule has 0 radical (unpaired) electrons. The van der Waals surface area contributed by atoms with Crippen LogP contribution in [0.2, 0.25) is 0 Å². The van der Waals surface area contributed by atoms with E-state index >= 15 is 0 Å². The minimum atomic E-state index is -0.156. The van der Waals surface area contributed by atoms with Crippen molar-refractivity contribution in [1.82, 2.24) is 4.57 Å². The number of benzene rings is 9. The van der Waals surface area contributed by atoms with Crippen LogP contribution < -0.4 is 21.0 Å². The average Bonchev–Trinajstić information content (AvgIpc) is 4.12. The Hall–Kier alpha value is -7.54. The van der Waals surface area contributed by atoms with Crippen molar-refractivity contribution < 1.29 is 9.15 Å². The molecule has 0 saturated carbocycles. The summed E-state index contributed by atoms with van der Waals surface area (Å²) in [6, 6.07) is 65.3. The van der Waals surface area contributed by atoms with Gasteiger partial charge in [0, 0.05) is 75.4 Å². The number of para-hydroxylation sites is 1. The van der Waals surface area contributed by atoms with Crippen LogP contribution in [0.4, 0.5) is 11.4 Å². The molecule has 2 unspecified atom stereocenters. The predicted octanol–water partition coefficient (Wildman–Crippen LogP) is 16.0. The second-order valence-electron chi connectivity index (χ2n) is 21.7. The van der Waals surface area contributed by atoms with E-state index in [9.17, 15) is 0 Å². The summed E-state index contributed by atoms with van der Waals surface area (Å²) in [6.45, 7) is 13.7. The highest BCUT2D eigenvalue weighted by Gasteiger charge is 2.39. The van der Waals surface area contributed by atoms with Crippen LogP contribution in [0, 0.1) is 0 Å². The fourth-order valence-corrected chi connectivity index (χ4v) is 12.9. The van der Waals surface area contributed by atoms with Gasteiger partial charge in [0.2, 0.25) is 0 Å². The van der Waals surface area contributed by atoms with Crippen LogP contribution in [0.25, 0.3) is 80.7 Å². The van der Waals surface area contributed by atoms with Gasteiger partial charge in [0.15, 0.2) is 7.28 Å². The molecule has 9 aromatic carbocycles. The van der Waals surface area contributed by atoms with Crippen LogP contribution in [0.3, 0.4) is 0 Å². The third kappa shape index (κ3) is 6.35. The van der Waals surface area contributed by atoms with Crippen molar-refractivity contribution in [3.8, 4) is 22.6 Å². The first-order valence-corrected chi connectivity index (χ1v) is 25.5. The summed E-state index contributed by atoms with van der Waals surface area (Å²) < 4.78 is 18.9. The smallest absolute Gasteiger partial charge is 0.198 e. The minimum Gasteiger partial charge on any atom is -0.484 e. The number of hydrogen-bond acceptors (Lipinski definition) is 4. The summed E-state index contributed by atoms with van der Waals surface area (Å²) in [5.41, 5.74) is 19.0. The van der Waals surface area contributed by atoms with Gasteiger partial charge in [-0.05, 0) is 105 Å². The number of ether oxygens (including phenoxy) is 1. The molecule has 0 bridgehead atoms. The van der Waals surface area contributed by atoms with E-state index in [0.29, 0.717) is 0 Å². The molecule has 1 N–H and O–H groups in total. The zero-order valence-corrected chi connectivity index (χ0v) is 41.1. The first kappa shape index (κ1) is 41.4. The Bertz CT molecular complexity index is 4110. The number of hydrogen-bond donors (Lipinski definition) is 1. The summed E-state index contributed by atoms with van der Waals surface area (Å²) >= 11 is 1.89. The SMILES string of the molecule is CC(C)(C)c1ccc(Nc2cc3sc4cc(C(C)(C)C)ccc4c3cc2-c2ccc3c4cc5oc6ccccc6c5cc4n4c3c2Bc2cc3c(cc2-4)C(c2ccccc2)C(c2ccccc2)O3)cc1. The molecule has 0 saturated heterocycles. The zero-order valence-electron chi connectivity index (χ0n) is 40.3. The van der Waals surface area contributed by atoms with Crippen molar-refractivity contribution in [3.05, 3.63) is 204 Å². The third-order valence-electron chi connectivity index (χ3n) is 15.3. The van der Waals surface area contributed by atoms with Crippen LogP contribution in [-0.4, -0.2) is 11.8 Å². The summed E-state index contributed by atoms with van der Waals surface area (Å²) in [5, 5.41) is 11.2. The van der Waals surface area contributed by atoms with Crippen LogP contribution in [0.15, 0.2) is 180 Å². The van der Waals surface area contributed by atoms with Gasteiger partial charge in [-0.3, -0.25) is 0 Å². The van der Waals surface area contributed by atoms with E-state index in [1.54, 1.807) is 0 Å². The molecule has 70 heavy (non-hydrogen) atoms. The van der Waals surface area contributed by atoms with Crippen LogP contribution in [-0.2, 0) is 10.8 Å². The maximum Gasteiger partial charge on any atom is 0.198 e. The third-order valence-corrected chi connectivity index (χ3v) is 16.4. The lowest BCUT2D eigenvalue weighted by atomic mass is 9.58. The van der Waals surface area contributed by atoms with Crippen molar-refractivity contribution in [2.45, 2.75) is 64.4 Å². The van der Waals surface area contributed by atoms with Gasteiger partial charge in [0.05, 0.1) is 11.4 Å². The number of furan rings is 1. The summed E-state index contributed by atoms with van der Waals surface area (Å²) in [7, 11) is 0.747. The van der Waals surface area contributed by atoms with E-state index in [0.717, 1.165) is 46.3 Å². The molecule has 338 valence electrons. The molecule has 0 amide bonds. The number of anilines is 2. The number of nitrogens with one attached hydrogen (secondary N) is 1. The summed E-state index contributed by atoms with van der Waals surface area (Å²) in [4.78, 5) is 0. The first-order chi connectivity index (χ1) is 33.9. The molecule has 2 atom stereocenters. The monoisotopic (exact) mass is 922 g/mol. The maximum atomic E-state index is 7.16. The normalized spacial score (nSPS) is 15.5. The Morgan fingerprint density at radius 2 is 1.24 bits per heavy atom. The van der Waals surface area contributed by atoms with Crippen molar-refractivity contribution in [2.24, 2.45) is 0 Å². The highest BCUT2D eigenvalue weighted by atomic mass is 32.1. The molecule has 0 aliphatic carbocycles. The zero-order chi connectivity index (χ0) is 47.2. The van der Waals surface area contributed by atoms with Gasteiger partial charge in [-0.1, -0.05) is 162 Å². The quantitative estimate of drug-likeness (QED) is 0.175. The van der Waals surface area contributed by atoms with E-state index in [4.69, 9.17) is 9.15 Å². The van der Waals surface area contributed by atoms with Crippen LogP contribution >= 0.6 is 11.3 Å². The van der Waals surface area contributed by atoms with Gasteiger partial charge < -0.3 is 19.0 Å². The maximum absolute atomic E-state index is 7.16. The summed E-state index contributed by atoms with van der Waals surface area (Å²) in [5.74, 6) is 0.983. The van der Waals surface area contributed by atoms with Crippen LogP contribution in [0.5, 0.6) is 5.75 Å². The second kappa shape index (κ2) is 15.0. The number of fused-ring (bicyclic) bond motifs is 12. The Morgan fingerprint density at radius 3 is 2.01 bits per heavy atom. The standard InChI is InChI=1S/C64H51BN2O2S/c1-63(2,3)38-21-24-40(25-22-38)66-51-35-58-48(42-26-23-39(64(4,5)6)29-57(42)70-58)30-45(51)43-27-28-44-46-33-55-47(41-19-13-14-20-54(41)68-55)31-52(46)67-53-32-49-56(34-50(53)65-60(43)61(44)67)69-62(37-17-11-8-12-18-37)59(49)36-15-9-7-10-16-36/h7-35,59,62,65-66H,1-6H3. The molecule has 0 spiro atoms. The Morgan fingerprint density at radius 1 is 0.543 bits per heavy atom. The van der Waals surface area contributed by atoms with E-state index in [1.807, 2.05) is 11.3 Å². The molecule has 6 heteroatoms. The van der Waals surface area contributed by atoms with Gasteiger partial charge in [0.25, 0.3) is 0 Å². The van der Waals surface area contributed by atoms with Crippen molar-refractivity contribution in [1.29, 1.82) is 0 Å². The van der Waals surface area contributed by atoms with E-state index < -0.39 is 0 Å². The van der Waals surface area contributed by atoms with Gasteiger partial charge in [-0.15, -0.1) is 11.3 Å². The van der Waals surface area contributed by atoms with Gasteiger partial charge in [-0.2, -0.15) is 0 Å². The molecule has 4 nitrogen and oxygen atoms in total. The van der Waals surface area contributed by atoms with Gasteiger partial charge in [-0.25, -0.2) is 0 Å². The first-order valence-electron chi connectivity index (χ1n) is 24.7. The molecule has 3 aromatic heterocycles. The number of aromatic nitrogens is 1. The largest absolute Gasteiger partial charge is 0.484 e. The molecule has 12 aromatic rings. The Balaban J connectivity index is 1.03. The fraction of sp³-hybridized carbons (Fsp3) is 0.156.